The molecule has 5 heteroatoms. The van der Waals surface area contributed by atoms with Crippen LogP contribution in [0.15, 0.2) is 17.6 Å². The molecule has 4 nitrogen and oxygen atoms in total. The summed E-state index contributed by atoms with van der Waals surface area (Å²) in [5.74, 6) is 0. The molecule has 0 amide bonds. The van der Waals surface area contributed by atoms with Crippen LogP contribution in [0.5, 0.6) is 0 Å². The number of nitrogens with two attached hydrogens (primary N) is 1. The zero-order valence-electron chi connectivity index (χ0n) is 11.5. The van der Waals surface area contributed by atoms with Crippen LogP contribution in [0, 0.1) is 0 Å². The summed E-state index contributed by atoms with van der Waals surface area (Å²) in [5.41, 5.74) is 10.9. The molecule has 3 heterocycles. The fourth-order valence-electron chi connectivity index (χ4n) is 3.69. The maximum Gasteiger partial charge on any atom is 0.106 e. The number of thiazole rings is 1. The third-order valence-electron chi connectivity index (χ3n) is 4.74. The second kappa shape index (κ2) is 4.90. The normalized spacial score (nSPS) is 26.8. The molecule has 0 spiro atoms. The summed E-state index contributed by atoms with van der Waals surface area (Å²) in [4.78, 5) is 7.02. The van der Waals surface area contributed by atoms with Gasteiger partial charge in [0, 0.05) is 18.6 Å². The van der Waals surface area contributed by atoms with Crippen molar-refractivity contribution >= 4 is 32.9 Å². The molecule has 106 valence electrons. The van der Waals surface area contributed by atoms with Gasteiger partial charge in [-0.1, -0.05) is 6.42 Å². The van der Waals surface area contributed by atoms with Gasteiger partial charge < -0.3 is 11.1 Å². The molecule has 0 bridgehead atoms. The molecule has 0 saturated carbocycles. The van der Waals surface area contributed by atoms with Crippen LogP contribution in [0.1, 0.15) is 25.7 Å². The average molecular weight is 288 g/mol. The van der Waals surface area contributed by atoms with Gasteiger partial charge in [0.15, 0.2) is 0 Å². The van der Waals surface area contributed by atoms with Crippen LogP contribution >= 0.6 is 11.3 Å². The summed E-state index contributed by atoms with van der Waals surface area (Å²) in [5, 5.41) is 3.69. The highest BCUT2D eigenvalue weighted by molar-refractivity contribution is 7.16. The average Bonchev–Trinajstić information content (AvgIpc) is 3.10. The predicted molar refractivity (Wildman–Crippen MR) is 85.3 cm³/mol. The third kappa shape index (κ3) is 1.96. The molecule has 0 radical (unpaired) electrons. The van der Waals surface area contributed by atoms with E-state index in [1.54, 1.807) is 11.3 Å². The molecule has 2 atom stereocenters. The molecule has 2 aliphatic rings. The molecule has 2 fully saturated rings. The lowest BCUT2D eigenvalue weighted by Crippen LogP contribution is -2.41. The standard InChI is InChI=1S/C15H20N4S/c16-14-11(4-5-13-15(14)17-9-20-13)18-10-6-8-19-7-2-1-3-12(10)19/h4-5,9-10,12,18H,1-3,6-8,16H2. The quantitative estimate of drug-likeness (QED) is 0.834. The molecule has 3 N–H and O–H groups in total. The fraction of sp³-hybridized carbons (Fsp3) is 0.533. The van der Waals surface area contributed by atoms with E-state index in [0.717, 1.165) is 16.9 Å². The Hall–Kier alpha value is -1.33. The second-order valence-electron chi connectivity index (χ2n) is 5.86. The van der Waals surface area contributed by atoms with Crippen LogP contribution in [-0.4, -0.2) is 35.1 Å². The highest BCUT2D eigenvalue weighted by Gasteiger charge is 2.35. The van der Waals surface area contributed by atoms with E-state index in [1.807, 2.05) is 5.51 Å². The largest absolute Gasteiger partial charge is 0.395 e. The van der Waals surface area contributed by atoms with Gasteiger partial charge in [0.25, 0.3) is 0 Å². The number of nitrogens with one attached hydrogen (secondary N) is 1. The molecule has 1 aromatic carbocycles. The number of anilines is 2. The molecule has 0 aliphatic carbocycles. The van der Waals surface area contributed by atoms with Crippen molar-refractivity contribution in [3.8, 4) is 0 Å². The van der Waals surface area contributed by atoms with Crippen molar-refractivity contribution in [3.63, 3.8) is 0 Å². The number of fused-ring (bicyclic) bond motifs is 2. The minimum Gasteiger partial charge on any atom is -0.395 e. The van der Waals surface area contributed by atoms with Crippen LogP contribution in [0.2, 0.25) is 0 Å². The number of benzene rings is 1. The number of aromatic nitrogens is 1. The zero-order chi connectivity index (χ0) is 13.5. The number of rotatable bonds is 2. The van der Waals surface area contributed by atoms with Gasteiger partial charge in [-0.15, -0.1) is 11.3 Å². The van der Waals surface area contributed by atoms with Crippen LogP contribution in [-0.2, 0) is 0 Å². The van der Waals surface area contributed by atoms with E-state index >= 15 is 0 Å². The van der Waals surface area contributed by atoms with Crippen molar-refractivity contribution in [2.75, 3.05) is 24.1 Å². The Morgan fingerprint density at radius 1 is 1.25 bits per heavy atom. The predicted octanol–water partition coefficient (Wildman–Crippen LogP) is 2.92. The van der Waals surface area contributed by atoms with Crippen molar-refractivity contribution in [1.82, 2.24) is 9.88 Å². The van der Waals surface area contributed by atoms with Gasteiger partial charge in [-0.05, 0) is 37.9 Å². The zero-order valence-corrected chi connectivity index (χ0v) is 12.3. The van der Waals surface area contributed by atoms with E-state index in [1.165, 1.54) is 43.5 Å². The lowest BCUT2D eigenvalue weighted by Gasteiger charge is -2.33. The van der Waals surface area contributed by atoms with Gasteiger partial charge in [0.1, 0.15) is 5.52 Å². The maximum atomic E-state index is 6.28. The van der Waals surface area contributed by atoms with Gasteiger partial charge in [0.2, 0.25) is 0 Å². The first-order valence-electron chi connectivity index (χ1n) is 7.45. The Balaban J connectivity index is 1.59. The lowest BCUT2D eigenvalue weighted by atomic mass is 9.99. The number of piperidine rings is 1. The number of hydrogen-bond acceptors (Lipinski definition) is 5. The second-order valence-corrected chi connectivity index (χ2v) is 6.75. The summed E-state index contributed by atoms with van der Waals surface area (Å²) in [6.07, 6.45) is 5.26. The SMILES string of the molecule is Nc1c(NC2CCN3CCCCC23)ccc2scnc12. The van der Waals surface area contributed by atoms with Gasteiger partial charge in [0.05, 0.1) is 21.6 Å². The Morgan fingerprint density at radius 2 is 2.20 bits per heavy atom. The molecule has 2 aliphatic heterocycles. The van der Waals surface area contributed by atoms with Crippen LogP contribution in [0.25, 0.3) is 10.2 Å². The molecule has 2 aromatic rings. The minimum absolute atomic E-state index is 0.536. The topological polar surface area (TPSA) is 54.2 Å². The van der Waals surface area contributed by atoms with Gasteiger partial charge in [-0.2, -0.15) is 0 Å². The Bertz CT molecular complexity index is 623. The Kier molecular flexibility index (Phi) is 3.04. The van der Waals surface area contributed by atoms with E-state index in [4.69, 9.17) is 5.73 Å². The van der Waals surface area contributed by atoms with Crippen LogP contribution in [0.4, 0.5) is 11.4 Å². The summed E-state index contributed by atoms with van der Waals surface area (Å²) < 4.78 is 1.17. The molecule has 1 aromatic heterocycles. The molecular weight excluding hydrogens is 268 g/mol. The third-order valence-corrected chi connectivity index (χ3v) is 5.53. The maximum absolute atomic E-state index is 6.28. The van der Waals surface area contributed by atoms with Gasteiger partial charge in [-0.25, -0.2) is 4.98 Å². The summed E-state index contributed by atoms with van der Waals surface area (Å²) >= 11 is 1.64. The van der Waals surface area contributed by atoms with E-state index < -0.39 is 0 Å². The van der Waals surface area contributed by atoms with Crippen LogP contribution < -0.4 is 11.1 Å². The van der Waals surface area contributed by atoms with Crippen molar-refractivity contribution in [1.29, 1.82) is 0 Å². The van der Waals surface area contributed by atoms with E-state index in [0.29, 0.717) is 12.1 Å². The van der Waals surface area contributed by atoms with E-state index in [-0.39, 0.29) is 0 Å². The highest BCUT2D eigenvalue weighted by Crippen LogP contribution is 2.34. The summed E-state index contributed by atoms with van der Waals surface area (Å²) in [7, 11) is 0. The molecule has 20 heavy (non-hydrogen) atoms. The van der Waals surface area contributed by atoms with Crippen molar-refractivity contribution in [2.24, 2.45) is 0 Å². The lowest BCUT2D eigenvalue weighted by molar-refractivity contribution is 0.193. The molecule has 2 saturated heterocycles. The van der Waals surface area contributed by atoms with E-state index in [9.17, 15) is 0 Å². The first kappa shape index (κ1) is 12.4. The Morgan fingerprint density at radius 3 is 3.15 bits per heavy atom. The van der Waals surface area contributed by atoms with Crippen molar-refractivity contribution < 1.29 is 0 Å². The van der Waals surface area contributed by atoms with Crippen molar-refractivity contribution in [2.45, 2.75) is 37.8 Å². The Labute approximate surface area is 123 Å². The molecule has 2 unspecified atom stereocenters. The number of nitrogens with zero attached hydrogens (tertiary/aromatic N) is 2. The monoisotopic (exact) mass is 288 g/mol. The first-order chi connectivity index (χ1) is 9.83. The smallest absolute Gasteiger partial charge is 0.106 e. The number of hydrogen-bond donors (Lipinski definition) is 2. The fourth-order valence-corrected chi connectivity index (χ4v) is 4.39. The van der Waals surface area contributed by atoms with Gasteiger partial charge in [-0.3, -0.25) is 4.90 Å². The van der Waals surface area contributed by atoms with E-state index in [2.05, 4.69) is 27.3 Å². The minimum atomic E-state index is 0.536. The first-order valence-corrected chi connectivity index (χ1v) is 8.33. The van der Waals surface area contributed by atoms with Crippen molar-refractivity contribution in [3.05, 3.63) is 17.6 Å². The highest BCUT2D eigenvalue weighted by atomic mass is 32.1. The number of nitrogen functional groups attached to an aromatic ring is 1. The molecule has 4 rings (SSSR count). The summed E-state index contributed by atoms with van der Waals surface area (Å²) in [6.45, 7) is 2.49. The van der Waals surface area contributed by atoms with Crippen LogP contribution in [0.3, 0.4) is 0 Å². The summed E-state index contributed by atoms with van der Waals surface area (Å²) in [6, 6.07) is 5.46. The van der Waals surface area contributed by atoms with Gasteiger partial charge >= 0.3 is 0 Å². The molecular formula is C15H20N4S.